The van der Waals surface area contributed by atoms with Crippen molar-refractivity contribution in [2.75, 3.05) is 13.1 Å². The second-order valence-electron chi connectivity index (χ2n) is 3.40. The van der Waals surface area contributed by atoms with E-state index in [-0.39, 0.29) is 6.03 Å². The van der Waals surface area contributed by atoms with Gasteiger partial charge in [-0.3, -0.25) is 4.90 Å². The van der Waals surface area contributed by atoms with Gasteiger partial charge in [-0.2, -0.15) is 0 Å². The Morgan fingerprint density at radius 1 is 1.29 bits per heavy atom. The number of allylic oxidation sites excluding steroid dienone is 2. The Bertz CT molecular complexity index is 240. The standard InChI is InChI=1S/C11H18N2O/c1-4-12(5-2)11(14)13-8-6-10(3)7-9-13/h6-10H,4-5H2,1-3H3. The highest BCUT2D eigenvalue weighted by atomic mass is 16.2. The van der Waals surface area contributed by atoms with Crippen molar-refractivity contribution >= 4 is 6.03 Å². The molecule has 0 bridgehead atoms. The van der Waals surface area contributed by atoms with Gasteiger partial charge in [0.1, 0.15) is 0 Å². The molecule has 0 aromatic carbocycles. The van der Waals surface area contributed by atoms with Crippen LogP contribution in [-0.4, -0.2) is 28.9 Å². The summed E-state index contributed by atoms with van der Waals surface area (Å²) in [7, 11) is 0. The number of amides is 2. The zero-order chi connectivity index (χ0) is 10.6. The summed E-state index contributed by atoms with van der Waals surface area (Å²) in [5.74, 6) is 0.427. The Morgan fingerprint density at radius 3 is 2.21 bits per heavy atom. The first-order chi connectivity index (χ1) is 6.69. The van der Waals surface area contributed by atoms with Gasteiger partial charge in [0.2, 0.25) is 0 Å². The van der Waals surface area contributed by atoms with Crippen molar-refractivity contribution in [1.82, 2.24) is 9.80 Å². The first-order valence-electron chi connectivity index (χ1n) is 5.13. The molecule has 0 aromatic rings. The maximum Gasteiger partial charge on any atom is 0.328 e. The molecule has 0 unspecified atom stereocenters. The van der Waals surface area contributed by atoms with Gasteiger partial charge in [-0.1, -0.05) is 19.1 Å². The molecule has 1 aliphatic rings. The van der Waals surface area contributed by atoms with Gasteiger partial charge in [-0.25, -0.2) is 4.79 Å². The van der Waals surface area contributed by atoms with E-state index in [1.54, 1.807) is 9.80 Å². The molecule has 0 saturated heterocycles. The summed E-state index contributed by atoms with van der Waals surface area (Å²) in [5, 5.41) is 0. The minimum Gasteiger partial charge on any atom is -0.325 e. The number of hydrogen-bond donors (Lipinski definition) is 0. The van der Waals surface area contributed by atoms with Crippen molar-refractivity contribution in [2.24, 2.45) is 5.92 Å². The highest BCUT2D eigenvalue weighted by Gasteiger charge is 2.15. The number of carbonyl (C=O) groups is 1. The molecule has 0 fully saturated rings. The first-order valence-corrected chi connectivity index (χ1v) is 5.13. The van der Waals surface area contributed by atoms with Crippen molar-refractivity contribution in [3.63, 3.8) is 0 Å². The zero-order valence-electron chi connectivity index (χ0n) is 9.10. The monoisotopic (exact) mass is 194 g/mol. The number of urea groups is 1. The van der Waals surface area contributed by atoms with E-state index in [1.165, 1.54) is 0 Å². The smallest absolute Gasteiger partial charge is 0.325 e. The van der Waals surface area contributed by atoms with Crippen LogP contribution in [0, 0.1) is 5.92 Å². The molecular weight excluding hydrogens is 176 g/mol. The van der Waals surface area contributed by atoms with Gasteiger partial charge >= 0.3 is 6.03 Å². The van der Waals surface area contributed by atoms with E-state index in [0.717, 1.165) is 13.1 Å². The van der Waals surface area contributed by atoms with E-state index < -0.39 is 0 Å². The van der Waals surface area contributed by atoms with E-state index in [0.29, 0.717) is 5.92 Å². The van der Waals surface area contributed by atoms with Crippen LogP contribution in [0.1, 0.15) is 20.8 Å². The van der Waals surface area contributed by atoms with Crippen molar-refractivity contribution < 1.29 is 4.79 Å². The minimum atomic E-state index is 0.0504. The molecule has 0 aromatic heterocycles. The number of carbonyl (C=O) groups excluding carboxylic acids is 1. The minimum absolute atomic E-state index is 0.0504. The van der Waals surface area contributed by atoms with Crippen LogP contribution in [0.5, 0.6) is 0 Å². The van der Waals surface area contributed by atoms with Crippen molar-refractivity contribution in [3.05, 3.63) is 24.6 Å². The predicted molar refractivity (Wildman–Crippen MR) is 57.6 cm³/mol. The third-order valence-corrected chi connectivity index (χ3v) is 2.36. The largest absolute Gasteiger partial charge is 0.328 e. The molecule has 0 N–H and O–H groups in total. The average Bonchev–Trinajstić information content (AvgIpc) is 2.20. The molecule has 2 amide bonds. The van der Waals surface area contributed by atoms with Gasteiger partial charge in [0.05, 0.1) is 0 Å². The summed E-state index contributed by atoms with van der Waals surface area (Å²) in [5.41, 5.74) is 0. The third kappa shape index (κ3) is 2.37. The van der Waals surface area contributed by atoms with E-state index >= 15 is 0 Å². The third-order valence-electron chi connectivity index (χ3n) is 2.36. The summed E-state index contributed by atoms with van der Waals surface area (Å²) < 4.78 is 0. The fraction of sp³-hybridized carbons (Fsp3) is 0.545. The summed E-state index contributed by atoms with van der Waals surface area (Å²) in [6.45, 7) is 7.57. The average molecular weight is 194 g/mol. The fourth-order valence-electron chi connectivity index (χ4n) is 1.36. The molecule has 0 spiro atoms. The molecule has 1 rings (SSSR count). The van der Waals surface area contributed by atoms with Crippen LogP contribution in [0.25, 0.3) is 0 Å². The number of hydrogen-bond acceptors (Lipinski definition) is 1. The number of rotatable bonds is 2. The van der Waals surface area contributed by atoms with Gasteiger partial charge in [0.15, 0.2) is 0 Å². The molecular formula is C11H18N2O. The molecule has 78 valence electrons. The summed E-state index contributed by atoms with van der Waals surface area (Å²) >= 11 is 0. The number of nitrogens with zero attached hydrogens (tertiary/aromatic N) is 2. The van der Waals surface area contributed by atoms with E-state index in [2.05, 4.69) is 6.92 Å². The van der Waals surface area contributed by atoms with Crippen LogP contribution in [0.2, 0.25) is 0 Å². The Kier molecular flexibility index (Phi) is 3.74. The maximum atomic E-state index is 11.8. The van der Waals surface area contributed by atoms with E-state index in [4.69, 9.17) is 0 Å². The lowest BCUT2D eigenvalue weighted by Gasteiger charge is -2.26. The molecule has 0 saturated carbocycles. The maximum absolute atomic E-state index is 11.8. The van der Waals surface area contributed by atoms with Gasteiger partial charge in [-0.05, 0) is 19.8 Å². The molecule has 0 radical (unpaired) electrons. The van der Waals surface area contributed by atoms with Crippen molar-refractivity contribution in [2.45, 2.75) is 20.8 Å². The Balaban J connectivity index is 2.62. The van der Waals surface area contributed by atoms with Gasteiger partial charge in [0, 0.05) is 25.5 Å². The van der Waals surface area contributed by atoms with Gasteiger partial charge in [0.25, 0.3) is 0 Å². The predicted octanol–water partition coefficient (Wildman–Crippen LogP) is 2.43. The second kappa shape index (κ2) is 4.84. The van der Waals surface area contributed by atoms with Crippen LogP contribution < -0.4 is 0 Å². The van der Waals surface area contributed by atoms with Crippen LogP contribution in [0.15, 0.2) is 24.6 Å². The normalized spacial score (nSPS) is 16.1. The van der Waals surface area contributed by atoms with Crippen LogP contribution >= 0.6 is 0 Å². The quantitative estimate of drug-likeness (QED) is 0.662. The van der Waals surface area contributed by atoms with Crippen LogP contribution in [0.4, 0.5) is 4.79 Å². The lowest BCUT2D eigenvalue weighted by Crippen LogP contribution is -2.38. The van der Waals surface area contributed by atoms with E-state index in [9.17, 15) is 4.79 Å². The highest BCUT2D eigenvalue weighted by Crippen LogP contribution is 2.11. The lowest BCUT2D eigenvalue weighted by atomic mass is 10.1. The molecule has 3 nitrogen and oxygen atoms in total. The summed E-state index contributed by atoms with van der Waals surface area (Å²) in [4.78, 5) is 15.2. The van der Waals surface area contributed by atoms with Crippen molar-refractivity contribution in [3.8, 4) is 0 Å². The Labute approximate surface area is 85.7 Å². The topological polar surface area (TPSA) is 23.6 Å². The fourth-order valence-corrected chi connectivity index (χ4v) is 1.36. The molecule has 14 heavy (non-hydrogen) atoms. The Morgan fingerprint density at radius 2 is 1.79 bits per heavy atom. The summed E-state index contributed by atoms with van der Waals surface area (Å²) in [6.07, 6.45) is 7.71. The Hall–Kier alpha value is -1.25. The lowest BCUT2D eigenvalue weighted by molar-refractivity contribution is 0.185. The SMILES string of the molecule is CCN(CC)C(=O)N1C=CC(C)C=C1. The van der Waals surface area contributed by atoms with Gasteiger partial charge < -0.3 is 4.90 Å². The zero-order valence-corrected chi connectivity index (χ0v) is 9.10. The first kappa shape index (κ1) is 10.8. The van der Waals surface area contributed by atoms with Crippen LogP contribution in [-0.2, 0) is 0 Å². The van der Waals surface area contributed by atoms with Crippen LogP contribution in [0.3, 0.4) is 0 Å². The van der Waals surface area contributed by atoms with E-state index in [1.807, 2.05) is 38.4 Å². The molecule has 1 aliphatic heterocycles. The molecule has 0 aliphatic carbocycles. The molecule has 3 heteroatoms. The highest BCUT2D eigenvalue weighted by molar-refractivity contribution is 5.76. The molecule has 1 heterocycles. The summed E-state index contributed by atoms with van der Waals surface area (Å²) in [6, 6.07) is 0.0504. The van der Waals surface area contributed by atoms with Crippen molar-refractivity contribution in [1.29, 1.82) is 0 Å². The van der Waals surface area contributed by atoms with Gasteiger partial charge in [-0.15, -0.1) is 0 Å². The molecule has 0 atom stereocenters. The second-order valence-corrected chi connectivity index (χ2v) is 3.40.